The Balaban J connectivity index is 1.29. The Morgan fingerprint density at radius 3 is 2.72 bits per heavy atom. The van der Waals surface area contributed by atoms with E-state index >= 15 is 0 Å². The Morgan fingerprint density at radius 2 is 1.96 bits per heavy atom. The highest BCUT2D eigenvalue weighted by Gasteiger charge is 2.10. The number of hydrogen-bond donors (Lipinski definition) is 1. The first-order valence-corrected chi connectivity index (χ1v) is 10.3. The molecule has 4 rings (SSSR count). The Morgan fingerprint density at radius 1 is 1.12 bits per heavy atom. The summed E-state index contributed by atoms with van der Waals surface area (Å²) in [5, 5.41) is 8.50. The highest BCUT2D eigenvalue weighted by molar-refractivity contribution is 7.19. The number of nitrogens with one attached hydrogen (secondary N) is 1. The van der Waals surface area contributed by atoms with Crippen LogP contribution in [0.2, 0.25) is 0 Å². The maximum absolute atomic E-state index is 5.84. The molecule has 1 N–H and O–H groups in total. The quantitative estimate of drug-likeness (QED) is 0.628. The molecule has 1 saturated heterocycles. The van der Waals surface area contributed by atoms with Gasteiger partial charge in [-0.1, -0.05) is 11.3 Å². The van der Waals surface area contributed by atoms with Crippen LogP contribution in [0.25, 0.3) is 10.4 Å². The summed E-state index contributed by atoms with van der Waals surface area (Å²) in [4.78, 5) is 8.11. The maximum Gasteiger partial charge on any atom is 0.187 e. The average Bonchev–Trinajstić information content (AvgIpc) is 3.39. The summed E-state index contributed by atoms with van der Waals surface area (Å²) in [6.07, 6.45) is 4.57. The molecule has 1 aliphatic rings. The molecule has 0 spiro atoms. The summed E-state index contributed by atoms with van der Waals surface area (Å²) < 4.78 is 5.84. The van der Waals surface area contributed by atoms with Crippen LogP contribution in [-0.2, 0) is 0 Å². The smallest absolute Gasteiger partial charge is 0.187 e. The van der Waals surface area contributed by atoms with Gasteiger partial charge in [0.1, 0.15) is 12.4 Å². The van der Waals surface area contributed by atoms with Crippen LogP contribution in [0, 0.1) is 0 Å². The van der Waals surface area contributed by atoms with Crippen molar-refractivity contribution in [1.29, 1.82) is 0 Å². The van der Waals surface area contributed by atoms with Crippen LogP contribution >= 0.6 is 22.7 Å². The number of thiophene rings is 1. The van der Waals surface area contributed by atoms with E-state index in [0.29, 0.717) is 0 Å². The largest absolute Gasteiger partial charge is 0.492 e. The van der Waals surface area contributed by atoms with Crippen LogP contribution in [0.4, 0.5) is 10.8 Å². The fraction of sp³-hybridized carbons (Fsp3) is 0.316. The van der Waals surface area contributed by atoms with Crippen molar-refractivity contribution in [1.82, 2.24) is 9.88 Å². The Kier molecular flexibility index (Phi) is 5.30. The molecule has 0 amide bonds. The molecule has 1 aliphatic heterocycles. The molecule has 0 aliphatic carbocycles. The van der Waals surface area contributed by atoms with Gasteiger partial charge in [-0.2, -0.15) is 11.3 Å². The van der Waals surface area contributed by atoms with Crippen molar-refractivity contribution in [3.05, 3.63) is 47.3 Å². The predicted octanol–water partition coefficient (Wildman–Crippen LogP) is 5.09. The van der Waals surface area contributed by atoms with Crippen LogP contribution in [0.3, 0.4) is 0 Å². The van der Waals surface area contributed by atoms with Crippen LogP contribution in [-0.4, -0.2) is 36.1 Å². The molecule has 1 aromatic carbocycles. The van der Waals surface area contributed by atoms with Gasteiger partial charge in [0, 0.05) is 24.0 Å². The van der Waals surface area contributed by atoms with Crippen LogP contribution in [0.1, 0.15) is 12.8 Å². The van der Waals surface area contributed by atoms with Crippen molar-refractivity contribution in [2.75, 3.05) is 31.6 Å². The Labute approximate surface area is 156 Å². The van der Waals surface area contributed by atoms with E-state index in [9.17, 15) is 0 Å². The van der Waals surface area contributed by atoms with Gasteiger partial charge in [0.05, 0.1) is 4.88 Å². The van der Waals surface area contributed by atoms with E-state index in [2.05, 4.69) is 32.0 Å². The van der Waals surface area contributed by atoms with E-state index in [1.807, 2.05) is 30.5 Å². The van der Waals surface area contributed by atoms with Crippen molar-refractivity contribution in [3.63, 3.8) is 0 Å². The van der Waals surface area contributed by atoms with E-state index in [-0.39, 0.29) is 0 Å². The van der Waals surface area contributed by atoms with Gasteiger partial charge in [-0.05, 0) is 67.0 Å². The number of aromatic nitrogens is 1. The summed E-state index contributed by atoms with van der Waals surface area (Å²) in [6.45, 7) is 4.20. The van der Waals surface area contributed by atoms with Gasteiger partial charge in [-0.15, -0.1) is 0 Å². The summed E-state index contributed by atoms with van der Waals surface area (Å²) in [5.41, 5.74) is 2.26. The second-order valence-electron chi connectivity index (χ2n) is 6.09. The highest BCUT2D eigenvalue weighted by Crippen LogP contribution is 2.32. The van der Waals surface area contributed by atoms with Crippen LogP contribution in [0.5, 0.6) is 5.75 Å². The molecule has 0 unspecified atom stereocenters. The summed E-state index contributed by atoms with van der Waals surface area (Å²) in [7, 11) is 0. The van der Waals surface area contributed by atoms with Gasteiger partial charge in [0.25, 0.3) is 0 Å². The molecule has 3 heterocycles. The van der Waals surface area contributed by atoms with Gasteiger partial charge < -0.3 is 10.1 Å². The average molecular weight is 372 g/mol. The molecule has 0 bridgehead atoms. The molecule has 0 atom stereocenters. The van der Waals surface area contributed by atoms with E-state index in [4.69, 9.17) is 4.74 Å². The van der Waals surface area contributed by atoms with E-state index < -0.39 is 0 Å². The molecule has 25 heavy (non-hydrogen) atoms. The predicted molar refractivity (Wildman–Crippen MR) is 106 cm³/mol. The second-order valence-corrected chi connectivity index (χ2v) is 7.90. The lowest BCUT2D eigenvalue weighted by Crippen LogP contribution is -2.25. The molecule has 130 valence electrons. The lowest BCUT2D eigenvalue weighted by atomic mass is 10.3. The molecule has 0 saturated carbocycles. The van der Waals surface area contributed by atoms with E-state index in [1.165, 1.54) is 36.4 Å². The topological polar surface area (TPSA) is 37.4 Å². The first-order valence-electron chi connectivity index (χ1n) is 8.57. The molecule has 4 nitrogen and oxygen atoms in total. The van der Waals surface area contributed by atoms with Crippen LogP contribution < -0.4 is 10.1 Å². The minimum Gasteiger partial charge on any atom is -0.492 e. The highest BCUT2D eigenvalue weighted by atomic mass is 32.1. The number of anilines is 2. The molecule has 6 heteroatoms. The standard InChI is InChI=1S/C19H21N3OS2/c1-2-9-22(8-1)10-11-23-17-5-3-16(4-6-17)21-19-20-13-18(25-19)15-7-12-24-14-15/h3-7,12-14H,1-2,8-11H2,(H,20,21). The van der Waals surface area contributed by atoms with Crippen molar-refractivity contribution in [2.24, 2.45) is 0 Å². The number of rotatable bonds is 7. The molecular weight excluding hydrogens is 350 g/mol. The van der Waals surface area contributed by atoms with Gasteiger partial charge in [0.15, 0.2) is 5.13 Å². The first kappa shape index (κ1) is 16.6. The SMILES string of the molecule is c1cc(-c2cnc(Nc3ccc(OCCN4CCCC4)cc3)s2)cs1. The molecule has 0 radical (unpaired) electrons. The van der Waals surface area contributed by atoms with Gasteiger partial charge in [0.2, 0.25) is 0 Å². The molecule has 2 aromatic heterocycles. The second kappa shape index (κ2) is 7.99. The third-order valence-corrected chi connectivity index (χ3v) is 5.94. The molecule has 3 aromatic rings. The van der Waals surface area contributed by atoms with Crippen molar-refractivity contribution in [2.45, 2.75) is 12.8 Å². The zero-order valence-electron chi connectivity index (χ0n) is 14.0. The number of hydrogen-bond acceptors (Lipinski definition) is 6. The minimum atomic E-state index is 0.753. The monoisotopic (exact) mass is 371 g/mol. The van der Waals surface area contributed by atoms with E-state index in [1.54, 1.807) is 22.7 Å². The number of ether oxygens (including phenoxy) is 1. The fourth-order valence-electron chi connectivity index (χ4n) is 2.93. The summed E-state index contributed by atoms with van der Waals surface area (Å²) in [6, 6.07) is 10.2. The van der Waals surface area contributed by atoms with Gasteiger partial charge >= 0.3 is 0 Å². The summed E-state index contributed by atoms with van der Waals surface area (Å²) >= 11 is 3.37. The third kappa shape index (κ3) is 4.39. The third-order valence-electron chi connectivity index (χ3n) is 4.29. The maximum atomic E-state index is 5.84. The zero-order chi connectivity index (χ0) is 16.9. The number of likely N-dealkylation sites (tertiary alicyclic amines) is 1. The molecule has 1 fully saturated rings. The van der Waals surface area contributed by atoms with Crippen molar-refractivity contribution < 1.29 is 4.74 Å². The lowest BCUT2D eigenvalue weighted by Gasteiger charge is -2.15. The van der Waals surface area contributed by atoms with Crippen LogP contribution in [0.15, 0.2) is 47.3 Å². The van der Waals surface area contributed by atoms with Gasteiger partial charge in [-0.3, -0.25) is 4.90 Å². The summed E-state index contributed by atoms with van der Waals surface area (Å²) in [5.74, 6) is 0.919. The van der Waals surface area contributed by atoms with Gasteiger partial charge in [-0.25, -0.2) is 4.98 Å². The van der Waals surface area contributed by atoms with Crippen molar-refractivity contribution in [3.8, 4) is 16.2 Å². The molecular formula is C19H21N3OS2. The first-order chi connectivity index (χ1) is 12.4. The Bertz CT molecular complexity index is 777. The van der Waals surface area contributed by atoms with Crippen molar-refractivity contribution >= 4 is 33.5 Å². The lowest BCUT2D eigenvalue weighted by molar-refractivity contribution is 0.238. The number of benzene rings is 1. The van der Waals surface area contributed by atoms with E-state index in [0.717, 1.165) is 29.7 Å². The number of nitrogens with zero attached hydrogens (tertiary/aromatic N) is 2. The zero-order valence-corrected chi connectivity index (χ0v) is 15.6. The Hall–Kier alpha value is -1.89. The normalized spacial score (nSPS) is 14.7. The minimum absolute atomic E-state index is 0.753. The number of thiazole rings is 1. The fourth-order valence-corrected chi connectivity index (χ4v) is 4.49.